The zero-order valence-electron chi connectivity index (χ0n) is 12.4. The summed E-state index contributed by atoms with van der Waals surface area (Å²) in [6.45, 7) is 11.5. The summed E-state index contributed by atoms with van der Waals surface area (Å²) in [6.07, 6.45) is 1.25. The van der Waals surface area contributed by atoms with E-state index in [0.29, 0.717) is 11.5 Å². The third kappa shape index (κ3) is 2.87. The average Bonchev–Trinajstić information content (AvgIpc) is 2.27. The van der Waals surface area contributed by atoms with Crippen LogP contribution in [-0.2, 0) is 0 Å². The monoisotopic (exact) mass is 271 g/mol. The quantitative estimate of drug-likeness (QED) is 0.825. The van der Waals surface area contributed by atoms with Crippen molar-refractivity contribution in [1.29, 1.82) is 0 Å². The van der Waals surface area contributed by atoms with E-state index in [1.54, 1.807) is 0 Å². The van der Waals surface area contributed by atoms with Gasteiger partial charge < -0.3 is 10.6 Å². The molecule has 0 saturated carbocycles. The predicted octanol–water partition coefficient (Wildman–Crippen LogP) is 1.48. The van der Waals surface area contributed by atoms with Crippen LogP contribution in [0.5, 0.6) is 0 Å². The Bertz CT molecular complexity index is 295. The summed E-state index contributed by atoms with van der Waals surface area (Å²) in [5, 5.41) is 0. The molecule has 0 aromatic rings. The highest BCUT2D eigenvalue weighted by molar-refractivity contribution is 7.99. The zero-order chi connectivity index (χ0) is 13.4. The van der Waals surface area contributed by atoms with Crippen LogP contribution in [0.25, 0.3) is 0 Å². The van der Waals surface area contributed by atoms with E-state index >= 15 is 0 Å². The van der Waals surface area contributed by atoms with Crippen molar-refractivity contribution in [2.24, 2.45) is 11.1 Å². The molecule has 2 fully saturated rings. The van der Waals surface area contributed by atoms with Gasteiger partial charge in [0.05, 0.1) is 0 Å². The molecule has 0 bridgehead atoms. The van der Waals surface area contributed by atoms with Crippen molar-refractivity contribution in [2.45, 2.75) is 38.8 Å². The van der Waals surface area contributed by atoms with Crippen molar-refractivity contribution in [3.8, 4) is 0 Å². The smallest absolute Gasteiger partial charge is 0.0431 e. The van der Waals surface area contributed by atoms with Crippen molar-refractivity contribution < 1.29 is 0 Å². The molecule has 2 saturated heterocycles. The lowest BCUT2D eigenvalue weighted by atomic mass is 9.78. The minimum absolute atomic E-state index is 0.229. The Kier molecular flexibility index (Phi) is 4.32. The summed E-state index contributed by atoms with van der Waals surface area (Å²) in [6, 6.07) is 0.627. The molecule has 0 spiro atoms. The molecule has 18 heavy (non-hydrogen) atoms. The standard InChI is InChI=1S/C14H29N3S/c1-12-7-16(4)5-6-17(12)14(9-15)8-13(2,3)10-18-11-14/h12H,5-11,15H2,1-4H3. The molecule has 106 valence electrons. The van der Waals surface area contributed by atoms with Gasteiger partial charge in [0.2, 0.25) is 0 Å². The van der Waals surface area contributed by atoms with Crippen molar-refractivity contribution in [3.05, 3.63) is 0 Å². The lowest BCUT2D eigenvalue weighted by Crippen LogP contribution is -2.66. The van der Waals surface area contributed by atoms with Gasteiger partial charge in [-0.25, -0.2) is 0 Å². The van der Waals surface area contributed by atoms with Gasteiger partial charge in [-0.15, -0.1) is 0 Å². The molecule has 0 aliphatic carbocycles. The van der Waals surface area contributed by atoms with Crippen LogP contribution >= 0.6 is 11.8 Å². The number of hydrogen-bond acceptors (Lipinski definition) is 4. The molecule has 2 rings (SSSR count). The van der Waals surface area contributed by atoms with E-state index in [1.165, 1.54) is 37.6 Å². The Balaban J connectivity index is 2.16. The molecule has 2 aliphatic rings. The number of piperazine rings is 1. The van der Waals surface area contributed by atoms with Gasteiger partial charge in [-0.1, -0.05) is 13.8 Å². The highest BCUT2D eigenvalue weighted by Crippen LogP contribution is 2.42. The Hall–Kier alpha value is 0.230. The van der Waals surface area contributed by atoms with Crippen LogP contribution < -0.4 is 5.73 Å². The third-order valence-electron chi connectivity index (χ3n) is 4.49. The van der Waals surface area contributed by atoms with Crippen LogP contribution in [0.15, 0.2) is 0 Å². The third-order valence-corrected chi connectivity index (χ3v) is 6.22. The van der Waals surface area contributed by atoms with E-state index in [2.05, 4.69) is 49.4 Å². The second kappa shape index (κ2) is 5.31. The fourth-order valence-corrected chi connectivity index (χ4v) is 5.31. The van der Waals surface area contributed by atoms with Gasteiger partial charge in [-0.2, -0.15) is 11.8 Å². The van der Waals surface area contributed by atoms with Crippen LogP contribution in [0.1, 0.15) is 27.2 Å². The SMILES string of the molecule is CC1CN(C)CCN1C1(CN)CSCC(C)(C)C1. The topological polar surface area (TPSA) is 32.5 Å². The molecular formula is C14H29N3S. The maximum atomic E-state index is 6.22. The normalized spacial score (nSPS) is 38.8. The fraction of sp³-hybridized carbons (Fsp3) is 1.00. The molecule has 2 atom stereocenters. The van der Waals surface area contributed by atoms with E-state index in [1.807, 2.05) is 0 Å². The van der Waals surface area contributed by atoms with Crippen molar-refractivity contribution in [1.82, 2.24) is 9.80 Å². The summed E-state index contributed by atoms with van der Waals surface area (Å²) < 4.78 is 0. The molecule has 0 radical (unpaired) electrons. The van der Waals surface area contributed by atoms with Crippen molar-refractivity contribution in [3.63, 3.8) is 0 Å². The molecular weight excluding hydrogens is 242 g/mol. The largest absolute Gasteiger partial charge is 0.329 e. The first-order chi connectivity index (χ1) is 8.38. The van der Waals surface area contributed by atoms with Gasteiger partial charge in [0.15, 0.2) is 0 Å². The molecule has 2 heterocycles. The van der Waals surface area contributed by atoms with Crippen LogP contribution in [0.4, 0.5) is 0 Å². The summed E-state index contributed by atoms with van der Waals surface area (Å²) in [4.78, 5) is 5.15. The summed E-state index contributed by atoms with van der Waals surface area (Å²) >= 11 is 2.09. The van der Waals surface area contributed by atoms with Gasteiger partial charge in [0, 0.05) is 43.5 Å². The Labute approximate surface area is 116 Å². The second-order valence-corrected chi connectivity index (χ2v) is 8.05. The van der Waals surface area contributed by atoms with Crippen molar-refractivity contribution in [2.75, 3.05) is 44.7 Å². The molecule has 4 heteroatoms. The van der Waals surface area contributed by atoms with Crippen LogP contribution in [0.2, 0.25) is 0 Å². The fourth-order valence-electron chi connectivity index (χ4n) is 3.79. The van der Waals surface area contributed by atoms with E-state index in [0.717, 1.165) is 6.54 Å². The number of hydrogen-bond donors (Lipinski definition) is 1. The first-order valence-corrected chi connectivity index (χ1v) is 8.27. The van der Waals surface area contributed by atoms with E-state index in [9.17, 15) is 0 Å². The van der Waals surface area contributed by atoms with Gasteiger partial charge in [-0.3, -0.25) is 4.90 Å². The van der Waals surface area contributed by atoms with Gasteiger partial charge in [0.1, 0.15) is 0 Å². The molecule has 0 amide bonds. The summed E-state index contributed by atoms with van der Waals surface area (Å²) in [5.41, 5.74) is 6.87. The first kappa shape index (κ1) is 14.6. The maximum absolute atomic E-state index is 6.22. The number of thioether (sulfide) groups is 1. The lowest BCUT2D eigenvalue weighted by molar-refractivity contribution is -0.00739. The number of nitrogens with zero attached hydrogens (tertiary/aromatic N) is 2. The second-order valence-electron chi connectivity index (χ2n) is 7.07. The molecule has 0 aromatic heterocycles. The van der Waals surface area contributed by atoms with E-state index in [-0.39, 0.29) is 5.54 Å². The predicted molar refractivity (Wildman–Crippen MR) is 81.2 cm³/mol. The molecule has 3 nitrogen and oxygen atoms in total. The zero-order valence-corrected chi connectivity index (χ0v) is 13.2. The number of likely N-dealkylation sites (N-methyl/N-ethyl adjacent to an activating group) is 1. The highest BCUT2D eigenvalue weighted by atomic mass is 32.2. The molecule has 2 N–H and O–H groups in total. The Morgan fingerprint density at radius 1 is 1.28 bits per heavy atom. The maximum Gasteiger partial charge on any atom is 0.0431 e. The average molecular weight is 271 g/mol. The Morgan fingerprint density at radius 2 is 2.00 bits per heavy atom. The first-order valence-electron chi connectivity index (χ1n) is 7.12. The van der Waals surface area contributed by atoms with Crippen LogP contribution in [0.3, 0.4) is 0 Å². The Morgan fingerprint density at radius 3 is 2.56 bits per heavy atom. The molecule has 0 aromatic carbocycles. The minimum Gasteiger partial charge on any atom is -0.329 e. The van der Waals surface area contributed by atoms with E-state index in [4.69, 9.17) is 5.73 Å². The summed E-state index contributed by atoms with van der Waals surface area (Å²) in [7, 11) is 2.22. The number of rotatable bonds is 2. The van der Waals surface area contributed by atoms with Crippen LogP contribution in [-0.4, -0.2) is 66.1 Å². The highest BCUT2D eigenvalue weighted by Gasteiger charge is 2.46. The number of nitrogens with two attached hydrogens (primary N) is 1. The van der Waals surface area contributed by atoms with Crippen molar-refractivity contribution >= 4 is 11.8 Å². The van der Waals surface area contributed by atoms with Gasteiger partial charge in [-0.05, 0) is 31.6 Å². The molecule has 2 aliphatic heterocycles. The molecule has 2 unspecified atom stereocenters. The van der Waals surface area contributed by atoms with Gasteiger partial charge >= 0.3 is 0 Å². The van der Waals surface area contributed by atoms with Crippen LogP contribution in [0, 0.1) is 5.41 Å². The summed E-state index contributed by atoms with van der Waals surface area (Å²) in [5.74, 6) is 2.48. The minimum atomic E-state index is 0.229. The van der Waals surface area contributed by atoms with E-state index < -0.39 is 0 Å². The van der Waals surface area contributed by atoms with Gasteiger partial charge in [0.25, 0.3) is 0 Å². The lowest BCUT2D eigenvalue weighted by Gasteiger charge is -2.55.